The Hall–Kier alpha value is -6.94. The van der Waals surface area contributed by atoms with Crippen LogP contribution in [0.3, 0.4) is 0 Å². The van der Waals surface area contributed by atoms with E-state index < -0.39 is 8.07 Å². The van der Waals surface area contributed by atoms with Crippen molar-refractivity contribution < 1.29 is 0 Å². The van der Waals surface area contributed by atoms with Gasteiger partial charge in [0.15, 0.2) is 0 Å². The maximum absolute atomic E-state index is 2.40. The fourth-order valence-corrected chi connectivity index (χ4v) is 9.04. The van der Waals surface area contributed by atoms with Crippen LogP contribution in [0.25, 0.3) is 44.2 Å². The van der Waals surface area contributed by atoms with Crippen LogP contribution in [0.4, 0.5) is 34.1 Å². The minimum atomic E-state index is -1.42. The van der Waals surface area contributed by atoms with Crippen molar-refractivity contribution in [3.63, 3.8) is 0 Å². The Bertz CT molecular complexity index is 2770. The smallest absolute Gasteiger partial charge is 0.0775 e. The molecule has 58 heavy (non-hydrogen) atoms. The van der Waals surface area contributed by atoms with Crippen molar-refractivity contribution in [2.45, 2.75) is 19.6 Å². The monoisotopic (exact) mass is 762 g/mol. The zero-order chi connectivity index (χ0) is 39.5. The van der Waals surface area contributed by atoms with Crippen molar-refractivity contribution in [1.82, 2.24) is 0 Å². The second kappa shape index (κ2) is 15.9. The van der Waals surface area contributed by atoms with Crippen molar-refractivity contribution in [3.05, 3.63) is 224 Å². The van der Waals surface area contributed by atoms with Crippen LogP contribution in [-0.4, -0.2) is 8.07 Å². The lowest BCUT2D eigenvalue weighted by molar-refractivity contribution is 1.28. The summed E-state index contributed by atoms with van der Waals surface area (Å²) in [6.45, 7) is 7.20. The highest BCUT2D eigenvalue weighted by molar-refractivity contribution is 6.88. The van der Waals surface area contributed by atoms with Crippen molar-refractivity contribution in [3.8, 4) is 33.4 Å². The number of para-hydroxylation sites is 2. The summed E-state index contributed by atoms with van der Waals surface area (Å²) in [7, 11) is -1.42. The molecule has 9 aromatic rings. The molecule has 0 aliphatic carbocycles. The van der Waals surface area contributed by atoms with Gasteiger partial charge in [-0.25, -0.2) is 0 Å². The van der Waals surface area contributed by atoms with E-state index in [4.69, 9.17) is 0 Å². The van der Waals surface area contributed by atoms with E-state index in [2.05, 4.69) is 254 Å². The Morgan fingerprint density at radius 3 is 1.28 bits per heavy atom. The molecule has 0 saturated heterocycles. The third-order valence-corrected chi connectivity index (χ3v) is 13.1. The molecule has 0 unspecified atom stereocenters. The first-order chi connectivity index (χ1) is 28.4. The molecule has 0 radical (unpaired) electrons. The van der Waals surface area contributed by atoms with Gasteiger partial charge in [0.2, 0.25) is 0 Å². The van der Waals surface area contributed by atoms with Gasteiger partial charge in [-0.3, -0.25) is 0 Å². The number of rotatable bonds is 10. The molecule has 3 heteroatoms. The van der Waals surface area contributed by atoms with Gasteiger partial charge < -0.3 is 9.80 Å². The van der Waals surface area contributed by atoms with Gasteiger partial charge in [0, 0.05) is 34.0 Å². The molecule has 0 atom stereocenters. The van der Waals surface area contributed by atoms with E-state index in [1.165, 1.54) is 49.3 Å². The molecule has 0 aromatic heterocycles. The Morgan fingerprint density at radius 2 is 0.707 bits per heavy atom. The first-order valence-corrected chi connectivity index (χ1v) is 23.6. The average molecular weight is 763 g/mol. The zero-order valence-electron chi connectivity index (χ0n) is 33.3. The molecular weight excluding hydrogens is 717 g/mol. The number of fused-ring (bicyclic) bond motifs is 1. The van der Waals surface area contributed by atoms with Gasteiger partial charge in [-0.15, -0.1) is 0 Å². The third kappa shape index (κ3) is 7.60. The van der Waals surface area contributed by atoms with Gasteiger partial charge in [0.1, 0.15) is 0 Å². The lowest BCUT2D eigenvalue weighted by Crippen LogP contribution is -2.37. The van der Waals surface area contributed by atoms with Gasteiger partial charge in [0.25, 0.3) is 0 Å². The van der Waals surface area contributed by atoms with Gasteiger partial charge >= 0.3 is 0 Å². The van der Waals surface area contributed by atoms with E-state index >= 15 is 0 Å². The Morgan fingerprint density at radius 1 is 0.293 bits per heavy atom. The van der Waals surface area contributed by atoms with Crippen molar-refractivity contribution in [2.75, 3.05) is 9.80 Å². The first kappa shape index (κ1) is 36.7. The quantitative estimate of drug-likeness (QED) is 0.128. The van der Waals surface area contributed by atoms with Crippen LogP contribution >= 0.6 is 0 Å². The molecule has 0 aliphatic heterocycles. The molecular formula is C55H46N2Si. The Labute approximate surface area is 344 Å². The molecule has 9 rings (SSSR count). The Balaban J connectivity index is 0.992. The molecule has 0 saturated carbocycles. The second-order valence-electron chi connectivity index (χ2n) is 15.9. The minimum Gasteiger partial charge on any atom is -0.310 e. The van der Waals surface area contributed by atoms with E-state index in [1.807, 2.05) is 0 Å². The van der Waals surface area contributed by atoms with Crippen LogP contribution in [0.1, 0.15) is 0 Å². The van der Waals surface area contributed by atoms with Crippen LogP contribution in [0, 0.1) is 0 Å². The van der Waals surface area contributed by atoms with Crippen LogP contribution in [0.15, 0.2) is 224 Å². The van der Waals surface area contributed by atoms with Crippen LogP contribution < -0.4 is 15.0 Å². The van der Waals surface area contributed by atoms with E-state index in [0.717, 1.165) is 34.1 Å². The molecule has 0 aliphatic rings. The molecule has 0 amide bonds. The first-order valence-electron chi connectivity index (χ1n) is 20.1. The second-order valence-corrected chi connectivity index (χ2v) is 21.0. The number of nitrogens with zero attached hydrogens (tertiary/aromatic N) is 2. The topological polar surface area (TPSA) is 6.48 Å². The van der Waals surface area contributed by atoms with Gasteiger partial charge in [-0.1, -0.05) is 183 Å². The summed E-state index contributed by atoms with van der Waals surface area (Å²) in [5, 5.41) is 3.94. The third-order valence-electron chi connectivity index (χ3n) is 11.0. The average Bonchev–Trinajstić information content (AvgIpc) is 3.28. The lowest BCUT2D eigenvalue weighted by atomic mass is 9.99. The van der Waals surface area contributed by atoms with E-state index in [9.17, 15) is 0 Å². The lowest BCUT2D eigenvalue weighted by Gasteiger charge is -2.28. The molecule has 0 N–H and O–H groups in total. The standard InChI is InChI=1S/C55H46N2Si/c1-58(2,3)53-38-36-50(37-39-53)56(52-35-30-41-14-10-11-17-47(41)40-52)49-31-26-44(27-32-49)42-22-24-43(25-23-42)45-28-33-51(34-29-45)57(48-18-8-5-9-19-48)55-21-13-12-20-54(55)46-15-6-4-7-16-46/h4-40H,1-3H3. The highest BCUT2D eigenvalue weighted by Gasteiger charge is 2.19. The van der Waals surface area contributed by atoms with E-state index in [0.29, 0.717) is 0 Å². The number of anilines is 6. The SMILES string of the molecule is C[Si](C)(C)c1ccc(N(c2ccc(-c3ccc(-c4ccc(N(c5ccccc5)c5ccccc5-c5ccccc5)cc4)cc3)cc2)c2ccc3ccccc3c2)cc1. The summed E-state index contributed by atoms with van der Waals surface area (Å²) >= 11 is 0. The number of benzene rings is 9. The maximum Gasteiger partial charge on any atom is 0.0775 e. The minimum absolute atomic E-state index is 1.11. The van der Waals surface area contributed by atoms with Gasteiger partial charge in [-0.05, 0) is 105 Å². The molecule has 0 fully saturated rings. The van der Waals surface area contributed by atoms with Crippen molar-refractivity contribution in [2.24, 2.45) is 0 Å². The normalized spacial score (nSPS) is 11.4. The fraction of sp³-hybridized carbons (Fsp3) is 0.0545. The number of hydrogen-bond acceptors (Lipinski definition) is 2. The largest absolute Gasteiger partial charge is 0.310 e. The molecule has 9 aromatic carbocycles. The van der Waals surface area contributed by atoms with Gasteiger partial charge in [0.05, 0.1) is 13.8 Å². The van der Waals surface area contributed by atoms with Crippen molar-refractivity contribution in [1.29, 1.82) is 0 Å². The summed E-state index contributed by atoms with van der Waals surface area (Å²) in [6.07, 6.45) is 0. The summed E-state index contributed by atoms with van der Waals surface area (Å²) in [5.41, 5.74) is 13.9. The number of hydrogen-bond donors (Lipinski definition) is 0. The maximum atomic E-state index is 2.40. The predicted octanol–water partition coefficient (Wildman–Crippen LogP) is 15.3. The highest BCUT2D eigenvalue weighted by Crippen LogP contribution is 2.42. The molecule has 280 valence electrons. The molecule has 0 heterocycles. The van der Waals surface area contributed by atoms with E-state index in [1.54, 1.807) is 0 Å². The van der Waals surface area contributed by atoms with Gasteiger partial charge in [-0.2, -0.15) is 0 Å². The van der Waals surface area contributed by atoms with Crippen LogP contribution in [-0.2, 0) is 0 Å². The summed E-state index contributed by atoms with van der Waals surface area (Å²) in [5.74, 6) is 0. The summed E-state index contributed by atoms with van der Waals surface area (Å²) in [6, 6.07) is 81.3. The molecule has 2 nitrogen and oxygen atoms in total. The summed E-state index contributed by atoms with van der Waals surface area (Å²) in [4.78, 5) is 4.72. The summed E-state index contributed by atoms with van der Waals surface area (Å²) < 4.78 is 0. The fourth-order valence-electron chi connectivity index (χ4n) is 7.87. The van der Waals surface area contributed by atoms with Crippen LogP contribution in [0.2, 0.25) is 19.6 Å². The van der Waals surface area contributed by atoms with Crippen LogP contribution in [0.5, 0.6) is 0 Å². The molecule has 0 bridgehead atoms. The predicted molar refractivity (Wildman–Crippen MR) is 253 cm³/mol. The molecule has 0 spiro atoms. The van der Waals surface area contributed by atoms with E-state index in [-0.39, 0.29) is 0 Å². The zero-order valence-corrected chi connectivity index (χ0v) is 34.3. The Kier molecular flexibility index (Phi) is 10.1. The van der Waals surface area contributed by atoms with Crippen molar-refractivity contribution >= 4 is 58.2 Å². The highest BCUT2D eigenvalue weighted by atomic mass is 28.3.